The molecule has 0 aliphatic carbocycles. The molecule has 1 saturated heterocycles. The number of sulfone groups is 1. The van der Waals surface area contributed by atoms with Gasteiger partial charge in [0.1, 0.15) is 4.32 Å². The average molecular weight is 416 g/mol. The first kappa shape index (κ1) is 20.7. The van der Waals surface area contributed by atoms with Crippen LogP contribution in [-0.4, -0.2) is 78.7 Å². The molecule has 0 unspecified atom stereocenters. The van der Waals surface area contributed by atoms with Crippen LogP contribution in [0.15, 0.2) is 29.2 Å². The third-order valence-electron chi connectivity index (χ3n) is 3.75. The van der Waals surface area contributed by atoms with Crippen molar-refractivity contribution in [3.05, 3.63) is 29.8 Å². The summed E-state index contributed by atoms with van der Waals surface area (Å²) in [5.41, 5.74) is 0.0752. The van der Waals surface area contributed by atoms with Crippen LogP contribution in [0.2, 0.25) is 0 Å². The molecular formula is C16H21N3O4S3. The van der Waals surface area contributed by atoms with Gasteiger partial charge in [-0.05, 0) is 18.6 Å². The molecule has 2 rings (SSSR count). The summed E-state index contributed by atoms with van der Waals surface area (Å²) in [7, 11) is 0.0440. The molecule has 0 spiro atoms. The molecule has 0 atom stereocenters. The van der Waals surface area contributed by atoms with Crippen molar-refractivity contribution in [3.63, 3.8) is 0 Å². The lowest BCUT2D eigenvalue weighted by atomic mass is 10.2. The zero-order valence-electron chi connectivity index (χ0n) is 14.8. The first-order valence-electron chi connectivity index (χ1n) is 7.88. The number of amides is 2. The minimum absolute atomic E-state index is 0.0348. The Kier molecular flexibility index (Phi) is 6.64. The summed E-state index contributed by atoms with van der Waals surface area (Å²) in [5.74, 6) is -0.604. The Morgan fingerprint density at radius 2 is 1.81 bits per heavy atom. The minimum Gasteiger partial charge on any atom is -0.364 e. The van der Waals surface area contributed by atoms with Gasteiger partial charge in [-0.15, -0.1) is 0 Å². The van der Waals surface area contributed by atoms with Gasteiger partial charge in [0.05, 0.1) is 16.2 Å². The van der Waals surface area contributed by atoms with Crippen LogP contribution < -0.4 is 0 Å². The predicted molar refractivity (Wildman–Crippen MR) is 106 cm³/mol. The predicted octanol–water partition coefficient (Wildman–Crippen LogP) is 1.26. The number of carbonyl (C=O) groups is 2. The zero-order chi connectivity index (χ0) is 19.5. The van der Waals surface area contributed by atoms with E-state index in [1.54, 1.807) is 31.1 Å². The summed E-state index contributed by atoms with van der Waals surface area (Å²) in [6.45, 7) is 0.784. The van der Waals surface area contributed by atoms with E-state index in [2.05, 4.69) is 0 Å². The normalized spacial score (nSPS) is 14.4. The van der Waals surface area contributed by atoms with Crippen molar-refractivity contribution in [3.8, 4) is 0 Å². The van der Waals surface area contributed by atoms with E-state index >= 15 is 0 Å². The van der Waals surface area contributed by atoms with Gasteiger partial charge >= 0.3 is 0 Å². The third-order valence-corrected chi connectivity index (χ3v) is 6.63. The number of carbonyl (C=O) groups excluding carboxylic acids is 2. The number of rotatable bonds is 4. The van der Waals surface area contributed by atoms with Gasteiger partial charge < -0.3 is 4.90 Å². The maximum atomic E-state index is 12.9. The van der Waals surface area contributed by atoms with E-state index in [9.17, 15) is 18.0 Å². The monoisotopic (exact) mass is 415 g/mol. The Bertz CT molecular complexity index is 824. The summed E-state index contributed by atoms with van der Waals surface area (Å²) in [5, 5.41) is 2.71. The van der Waals surface area contributed by atoms with Gasteiger partial charge in [-0.3, -0.25) is 14.6 Å². The van der Waals surface area contributed by atoms with Gasteiger partial charge in [0, 0.05) is 33.4 Å². The highest BCUT2D eigenvalue weighted by Gasteiger charge is 2.33. The maximum Gasteiger partial charge on any atom is 0.273 e. The lowest BCUT2D eigenvalue weighted by Gasteiger charge is -2.28. The first-order chi connectivity index (χ1) is 12.1. The Morgan fingerprint density at radius 3 is 2.42 bits per heavy atom. The highest BCUT2D eigenvalue weighted by molar-refractivity contribution is 8.23. The zero-order valence-corrected chi connectivity index (χ0v) is 17.3. The fraction of sp³-hybridized carbons (Fsp3) is 0.438. The van der Waals surface area contributed by atoms with Crippen LogP contribution in [0.4, 0.5) is 0 Å². The number of benzene rings is 1. The van der Waals surface area contributed by atoms with E-state index in [4.69, 9.17) is 12.2 Å². The van der Waals surface area contributed by atoms with Crippen molar-refractivity contribution in [2.24, 2.45) is 0 Å². The molecule has 0 bridgehead atoms. The maximum absolute atomic E-state index is 12.9. The lowest BCUT2D eigenvalue weighted by molar-refractivity contribution is -0.137. The molecule has 1 aromatic carbocycles. The topological polar surface area (TPSA) is 78.0 Å². The van der Waals surface area contributed by atoms with Crippen molar-refractivity contribution < 1.29 is 18.0 Å². The SMILES string of the molecule is CN(C)C(=S)SCC(=O)N1CCCN1C(=O)c1ccccc1S(C)(=O)=O. The Morgan fingerprint density at radius 1 is 1.19 bits per heavy atom. The van der Waals surface area contributed by atoms with Gasteiger partial charge in [0.25, 0.3) is 11.8 Å². The number of hydrazine groups is 1. The molecule has 142 valence electrons. The van der Waals surface area contributed by atoms with Crippen LogP contribution in [0.25, 0.3) is 0 Å². The second-order valence-corrected chi connectivity index (χ2v) is 9.61. The number of hydrogen-bond donors (Lipinski definition) is 0. The van der Waals surface area contributed by atoms with E-state index in [-0.39, 0.29) is 22.1 Å². The molecule has 0 saturated carbocycles. The highest BCUT2D eigenvalue weighted by atomic mass is 32.2. The van der Waals surface area contributed by atoms with Gasteiger partial charge in [0.15, 0.2) is 9.84 Å². The average Bonchev–Trinajstić information content (AvgIpc) is 3.07. The third kappa shape index (κ3) is 4.74. The lowest BCUT2D eigenvalue weighted by Crippen LogP contribution is -2.46. The fourth-order valence-corrected chi connectivity index (χ4v) is 4.23. The number of nitrogens with zero attached hydrogens (tertiary/aromatic N) is 3. The molecule has 1 fully saturated rings. The van der Waals surface area contributed by atoms with Gasteiger partial charge in [0.2, 0.25) is 0 Å². The van der Waals surface area contributed by atoms with Crippen LogP contribution in [-0.2, 0) is 14.6 Å². The standard InChI is InChI=1S/C16H21N3O4S3/c1-17(2)16(24)25-11-14(20)18-9-6-10-19(18)15(21)12-7-4-5-8-13(12)26(3,22)23/h4-5,7-8H,6,9-11H2,1-3H3. The van der Waals surface area contributed by atoms with Crippen LogP contribution in [0.3, 0.4) is 0 Å². The molecule has 10 heteroatoms. The van der Waals surface area contributed by atoms with Crippen molar-refractivity contribution in [1.82, 2.24) is 14.9 Å². The molecular weight excluding hydrogens is 394 g/mol. The number of thiocarbonyl (C=S) groups is 1. The second kappa shape index (κ2) is 8.36. The molecule has 1 heterocycles. The van der Waals surface area contributed by atoms with Crippen LogP contribution in [0, 0.1) is 0 Å². The van der Waals surface area contributed by atoms with Gasteiger partial charge in [-0.2, -0.15) is 0 Å². The van der Waals surface area contributed by atoms with E-state index in [1.807, 2.05) is 0 Å². The van der Waals surface area contributed by atoms with E-state index in [0.717, 1.165) is 6.26 Å². The van der Waals surface area contributed by atoms with Crippen LogP contribution >= 0.6 is 24.0 Å². The van der Waals surface area contributed by atoms with Crippen molar-refractivity contribution >= 4 is 50.0 Å². The van der Waals surface area contributed by atoms with Crippen molar-refractivity contribution in [1.29, 1.82) is 0 Å². The Balaban J connectivity index is 2.19. The summed E-state index contributed by atoms with van der Waals surface area (Å²) in [6.07, 6.45) is 1.70. The summed E-state index contributed by atoms with van der Waals surface area (Å²) in [6, 6.07) is 6.04. The van der Waals surface area contributed by atoms with Gasteiger partial charge in [-0.25, -0.2) is 13.4 Å². The smallest absolute Gasteiger partial charge is 0.273 e. The number of hydrogen-bond acceptors (Lipinski definition) is 6. The summed E-state index contributed by atoms with van der Waals surface area (Å²) in [4.78, 5) is 27.1. The highest BCUT2D eigenvalue weighted by Crippen LogP contribution is 2.22. The largest absolute Gasteiger partial charge is 0.364 e. The summed E-state index contributed by atoms with van der Waals surface area (Å²) < 4.78 is 24.5. The number of thioether (sulfide) groups is 1. The quantitative estimate of drug-likeness (QED) is 0.685. The molecule has 26 heavy (non-hydrogen) atoms. The van der Waals surface area contributed by atoms with E-state index < -0.39 is 15.7 Å². The summed E-state index contributed by atoms with van der Waals surface area (Å²) >= 11 is 6.39. The Hall–Kier alpha value is -1.65. The minimum atomic E-state index is -3.55. The molecule has 0 N–H and O–H groups in total. The molecule has 2 amide bonds. The van der Waals surface area contributed by atoms with Crippen molar-refractivity contribution in [2.75, 3.05) is 39.2 Å². The molecule has 0 radical (unpaired) electrons. The van der Waals surface area contributed by atoms with Crippen LogP contribution in [0.5, 0.6) is 0 Å². The molecule has 0 aromatic heterocycles. The molecule has 7 nitrogen and oxygen atoms in total. The molecule has 1 aromatic rings. The second-order valence-electron chi connectivity index (χ2n) is 6.02. The molecule has 1 aliphatic heterocycles. The van der Waals surface area contributed by atoms with Gasteiger partial charge in [-0.1, -0.05) is 36.1 Å². The first-order valence-corrected chi connectivity index (χ1v) is 11.2. The fourth-order valence-electron chi connectivity index (χ4n) is 2.51. The van der Waals surface area contributed by atoms with Crippen molar-refractivity contribution in [2.45, 2.75) is 11.3 Å². The van der Waals surface area contributed by atoms with Crippen LogP contribution in [0.1, 0.15) is 16.8 Å². The molecule has 1 aliphatic rings. The Labute approximate surface area is 163 Å². The van der Waals surface area contributed by atoms with E-state index in [1.165, 1.54) is 33.9 Å². The van der Waals surface area contributed by atoms with E-state index in [0.29, 0.717) is 23.8 Å².